The van der Waals surface area contributed by atoms with Crippen molar-refractivity contribution in [2.45, 2.75) is 58.0 Å². The van der Waals surface area contributed by atoms with Gasteiger partial charge in [0.05, 0.1) is 24.1 Å². The van der Waals surface area contributed by atoms with Crippen LogP contribution in [-0.2, 0) is 16.8 Å². The van der Waals surface area contributed by atoms with Gasteiger partial charge in [-0.05, 0) is 71.8 Å². The van der Waals surface area contributed by atoms with Gasteiger partial charge in [0, 0.05) is 29.5 Å². The number of imide groups is 1. The molecule has 2 aliphatic rings. The molecule has 1 saturated carbocycles. The second-order valence-corrected chi connectivity index (χ2v) is 11.9. The predicted octanol–water partition coefficient (Wildman–Crippen LogP) is 5.19. The lowest BCUT2D eigenvalue weighted by Crippen LogP contribution is -2.34. The number of fused-ring (bicyclic) bond motifs is 1. The molecule has 43 heavy (non-hydrogen) atoms. The van der Waals surface area contributed by atoms with Gasteiger partial charge >= 0.3 is 12.0 Å². The highest BCUT2D eigenvalue weighted by Crippen LogP contribution is 2.35. The Hall–Kier alpha value is -4.99. The van der Waals surface area contributed by atoms with E-state index in [1.807, 2.05) is 24.3 Å². The number of benzene rings is 3. The fraction of sp³-hybridized carbons (Fsp3) is 0.303. The van der Waals surface area contributed by atoms with Crippen molar-refractivity contribution in [1.82, 2.24) is 10.2 Å². The summed E-state index contributed by atoms with van der Waals surface area (Å²) in [5.74, 6) is -2.00. The molecule has 0 aromatic heterocycles. The number of nitrogens with one attached hydrogen (secondary N) is 2. The molecule has 10 nitrogen and oxygen atoms in total. The summed E-state index contributed by atoms with van der Waals surface area (Å²) in [4.78, 5) is 65.3. The number of rotatable bonds is 9. The minimum atomic E-state index is -0.996. The average molecular weight is 583 g/mol. The van der Waals surface area contributed by atoms with Crippen LogP contribution in [0.4, 0.5) is 16.2 Å². The van der Waals surface area contributed by atoms with E-state index in [1.54, 1.807) is 47.4 Å². The SMILES string of the molecule is CC(C)(C)c1ccc(N(Cc2ccc(C(=O)NCCC(=O)O)cc2)C(=O)Nc2ccc3c(c2)C(=O)N(C2CC2)C3=O)cc1. The first-order chi connectivity index (χ1) is 20.4. The van der Waals surface area contributed by atoms with Crippen molar-refractivity contribution in [1.29, 1.82) is 0 Å². The monoisotopic (exact) mass is 582 g/mol. The Morgan fingerprint density at radius 3 is 2.16 bits per heavy atom. The summed E-state index contributed by atoms with van der Waals surface area (Å²) >= 11 is 0. The number of urea groups is 1. The largest absolute Gasteiger partial charge is 0.481 e. The van der Waals surface area contributed by atoms with Crippen molar-refractivity contribution < 1.29 is 29.1 Å². The summed E-state index contributed by atoms with van der Waals surface area (Å²) < 4.78 is 0. The highest BCUT2D eigenvalue weighted by molar-refractivity contribution is 6.22. The Bertz CT molecular complexity index is 1590. The quantitative estimate of drug-likeness (QED) is 0.297. The van der Waals surface area contributed by atoms with Gasteiger partial charge in [0.25, 0.3) is 17.7 Å². The minimum absolute atomic E-state index is 0.0233. The molecule has 222 valence electrons. The Morgan fingerprint density at radius 2 is 1.56 bits per heavy atom. The fourth-order valence-corrected chi connectivity index (χ4v) is 4.94. The molecule has 1 heterocycles. The zero-order chi connectivity index (χ0) is 30.9. The van der Waals surface area contributed by atoms with Gasteiger partial charge in [-0.25, -0.2) is 4.79 Å². The number of hydrogen-bond acceptors (Lipinski definition) is 5. The molecule has 1 aliphatic carbocycles. The number of carbonyl (C=O) groups is 5. The summed E-state index contributed by atoms with van der Waals surface area (Å²) in [5.41, 5.74) is 3.83. The maximum Gasteiger partial charge on any atom is 0.326 e. The molecular formula is C33H34N4O6. The first-order valence-electron chi connectivity index (χ1n) is 14.2. The van der Waals surface area contributed by atoms with Crippen LogP contribution in [0.3, 0.4) is 0 Å². The number of aliphatic carboxylic acids is 1. The number of hydrogen-bond donors (Lipinski definition) is 3. The minimum Gasteiger partial charge on any atom is -0.481 e. The molecular weight excluding hydrogens is 548 g/mol. The van der Waals surface area contributed by atoms with Gasteiger partial charge in [0.2, 0.25) is 0 Å². The van der Waals surface area contributed by atoms with Gasteiger partial charge in [-0.1, -0.05) is 45.0 Å². The van der Waals surface area contributed by atoms with Gasteiger partial charge in [-0.2, -0.15) is 0 Å². The van der Waals surface area contributed by atoms with Crippen LogP contribution in [-0.4, -0.2) is 52.3 Å². The molecule has 10 heteroatoms. The number of anilines is 2. The second kappa shape index (κ2) is 11.7. The van der Waals surface area contributed by atoms with Crippen LogP contribution in [0.1, 0.15) is 82.2 Å². The van der Waals surface area contributed by atoms with Gasteiger partial charge in [0.15, 0.2) is 0 Å². The molecule has 3 aromatic carbocycles. The van der Waals surface area contributed by atoms with E-state index in [0.29, 0.717) is 22.5 Å². The van der Waals surface area contributed by atoms with Crippen LogP contribution in [0.25, 0.3) is 0 Å². The molecule has 5 rings (SSSR count). The molecule has 0 unspecified atom stereocenters. The van der Waals surface area contributed by atoms with Gasteiger partial charge in [0.1, 0.15) is 0 Å². The summed E-state index contributed by atoms with van der Waals surface area (Å²) in [5, 5.41) is 14.2. The van der Waals surface area contributed by atoms with Crippen LogP contribution >= 0.6 is 0 Å². The predicted molar refractivity (Wildman–Crippen MR) is 161 cm³/mol. The summed E-state index contributed by atoms with van der Waals surface area (Å²) in [6, 6.07) is 18.7. The highest BCUT2D eigenvalue weighted by atomic mass is 16.4. The van der Waals surface area contributed by atoms with Crippen molar-refractivity contribution in [3.05, 3.63) is 94.5 Å². The molecule has 5 amide bonds. The Kier molecular flexibility index (Phi) is 8.04. The number of carboxylic acid groups (broad SMARTS) is 1. The van der Waals surface area contributed by atoms with Crippen LogP contribution in [0.2, 0.25) is 0 Å². The molecule has 1 fully saturated rings. The molecule has 0 bridgehead atoms. The van der Waals surface area contributed by atoms with E-state index in [1.165, 1.54) is 4.90 Å². The fourth-order valence-electron chi connectivity index (χ4n) is 4.94. The third-order valence-corrected chi connectivity index (χ3v) is 7.55. The molecule has 3 N–H and O–H groups in total. The normalized spacial score (nSPS) is 14.3. The van der Waals surface area contributed by atoms with E-state index < -0.39 is 12.0 Å². The first kappa shape index (κ1) is 29.5. The number of carboxylic acids is 1. The number of amides is 5. The lowest BCUT2D eigenvalue weighted by Gasteiger charge is -2.25. The van der Waals surface area contributed by atoms with Crippen molar-refractivity contribution in [3.8, 4) is 0 Å². The summed E-state index contributed by atoms with van der Waals surface area (Å²) in [6.45, 7) is 6.53. The lowest BCUT2D eigenvalue weighted by atomic mass is 9.87. The van der Waals surface area contributed by atoms with E-state index in [9.17, 15) is 24.0 Å². The number of carbonyl (C=O) groups excluding carboxylic acids is 4. The van der Waals surface area contributed by atoms with Gasteiger partial charge in [-0.3, -0.25) is 29.0 Å². The molecule has 0 spiro atoms. The van der Waals surface area contributed by atoms with Gasteiger partial charge in [-0.15, -0.1) is 0 Å². The van der Waals surface area contributed by atoms with Crippen LogP contribution in [0.15, 0.2) is 66.7 Å². The third kappa shape index (κ3) is 6.58. The van der Waals surface area contributed by atoms with Gasteiger partial charge < -0.3 is 15.7 Å². The molecule has 0 atom stereocenters. The Labute approximate surface area is 249 Å². The maximum atomic E-state index is 13.7. The van der Waals surface area contributed by atoms with Crippen molar-refractivity contribution in [3.63, 3.8) is 0 Å². The lowest BCUT2D eigenvalue weighted by molar-refractivity contribution is -0.136. The van der Waals surface area contributed by atoms with Crippen molar-refractivity contribution in [2.24, 2.45) is 0 Å². The third-order valence-electron chi connectivity index (χ3n) is 7.55. The van der Waals surface area contributed by atoms with Crippen molar-refractivity contribution >= 4 is 41.1 Å². The zero-order valence-electron chi connectivity index (χ0n) is 24.3. The van der Waals surface area contributed by atoms with Crippen LogP contribution in [0.5, 0.6) is 0 Å². The summed E-state index contributed by atoms with van der Waals surface area (Å²) in [6.07, 6.45) is 1.46. The standard InChI is InChI=1S/C33H34N4O6/c1-33(2,3)22-8-11-24(12-9-22)36(19-20-4-6-21(7-5-20)29(40)34-17-16-28(38)39)32(43)35-23-10-15-26-27(18-23)31(42)37(30(26)41)25-13-14-25/h4-12,15,18,25H,13-14,16-17,19H2,1-3H3,(H,34,40)(H,35,43)(H,38,39). The number of nitrogens with zero attached hydrogens (tertiary/aromatic N) is 2. The second-order valence-electron chi connectivity index (χ2n) is 11.9. The topological polar surface area (TPSA) is 136 Å². The summed E-state index contributed by atoms with van der Waals surface area (Å²) in [7, 11) is 0. The van der Waals surface area contributed by atoms with E-state index in [0.717, 1.165) is 24.0 Å². The van der Waals surface area contributed by atoms with Crippen molar-refractivity contribution in [2.75, 3.05) is 16.8 Å². The molecule has 0 radical (unpaired) electrons. The Balaban J connectivity index is 1.36. The smallest absolute Gasteiger partial charge is 0.326 e. The zero-order valence-corrected chi connectivity index (χ0v) is 24.3. The highest BCUT2D eigenvalue weighted by Gasteiger charge is 2.44. The Morgan fingerprint density at radius 1 is 0.907 bits per heavy atom. The van der Waals surface area contributed by atoms with E-state index in [2.05, 4.69) is 31.4 Å². The molecule has 3 aromatic rings. The first-order valence-corrected chi connectivity index (χ1v) is 14.2. The van der Waals surface area contributed by atoms with Crippen LogP contribution < -0.4 is 15.5 Å². The molecule has 0 saturated heterocycles. The maximum absolute atomic E-state index is 13.7. The van der Waals surface area contributed by atoms with Crippen LogP contribution in [0, 0.1) is 0 Å². The average Bonchev–Trinajstić information content (AvgIpc) is 3.77. The molecule has 1 aliphatic heterocycles. The van der Waals surface area contributed by atoms with E-state index in [-0.39, 0.29) is 54.3 Å². The van der Waals surface area contributed by atoms with E-state index in [4.69, 9.17) is 5.11 Å². The van der Waals surface area contributed by atoms with E-state index >= 15 is 0 Å².